The van der Waals surface area contributed by atoms with Gasteiger partial charge < -0.3 is 10.1 Å². The van der Waals surface area contributed by atoms with Gasteiger partial charge in [-0.2, -0.15) is 0 Å². The molecule has 0 bridgehead atoms. The Hall–Kier alpha value is -4.87. The van der Waals surface area contributed by atoms with E-state index < -0.39 is 10.0 Å². The molecule has 2 aromatic heterocycles. The Morgan fingerprint density at radius 2 is 1.58 bits per heavy atom. The van der Waals surface area contributed by atoms with Gasteiger partial charge in [0.1, 0.15) is 5.75 Å². The molecule has 6 rings (SSSR count). The lowest BCUT2D eigenvalue weighted by Crippen LogP contribution is -2.14. The second-order valence-corrected chi connectivity index (χ2v) is 12.9. The number of aromatic nitrogens is 4. The Morgan fingerprint density at radius 1 is 0.867 bits per heavy atom. The Morgan fingerprint density at radius 3 is 2.29 bits per heavy atom. The predicted molar refractivity (Wildman–Crippen MR) is 178 cm³/mol. The van der Waals surface area contributed by atoms with Crippen molar-refractivity contribution in [3.63, 3.8) is 0 Å². The van der Waals surface area contributed by atoms with E-state index >= 15 is 0 Å². The van der Waals surface area contributed by atoms with Crippen molar-refractivity contribution in [2.45, 2.75) is 30.3 Å². The first-order valence-corrected chi connectivity index (χ1v) is 16.9. The van der Waals surface area contributed by atoms with Crippen LogP contribution in [0, 0.1) is 0 Å². The fraction of sp³-hybridized carbons (Fsp3) is 0.147. The first-order valence-electron chi connectivity index (χ1n) is 14.5. The normalized spacial score (nSPS) is 11.5. The molecule has 9 nitrogen and oxygen atoms in total. The monoisotopic (exact) mass is 637 g/mol. The zero-order valence-corrected chi connectivity index (χ0v) is 26.4. The highest BCUT2D eigenvalue weighted by molar-refractivity contribution is 7.99. The molecule has 0 spiro atoms. The third-order valence-corrected chi connectivity index (χ3v) is 9.85. The number of benzene rings is 4. The molecule has 0 aliphatic carbocycles. The van der Waals surface area contributed by atoms with E-state index in [1.807, 2.05) is 72.2 Å². The molecule has 1 amide bonds. The van der Waals surface area contributed by atoms with Crippen molar-refractivity contribution < 1.29 is 17.9 Å². The third kappa shape index (κ3) is 6.22. The molecule has 0 saturated heterocycles. The first kappa shape index (κ1) is 30.2. The Labute approximate surface area is 265 Å². The van der Waals surface area contributed by atoms with Gasteiger partial charge in [0, 0.05) is 28.5 Å². The van der Waals surface area contributed by atoms with Crippen LogP contribution >= 0.6 is 11.8 Å². The van der Waals surface area contributed by atoms with Gasteiger partial charge in [-0.3, -0.25) is 9.36 Å². The van der Waals surface area contributed by atoms with Crippen molar-refractivity contribution in [3.8, 4) is 22.8 Å². The van der Waals surface area contributed by atoms with Gasteiger partial charge in [0.05, 0.1) is 22.8 Å². The molecule has 0 radical (unpaired) electrons. The number of carbonyl (C=O) groups excluding carboxylic acids is 1. The van der Waals surface area contributed by atoms with Gasteiger partial charge in [-0.1, -0.05) is 67.2 Å². The maximum absolute atomic E-state index is 13.8. The first-order chi connectivity index (χ1) is 21.9. The van der Waals surface area contributed by atoms with Gasteiger partial charge >= 0.3 is 0 Å². The molecular weight excluding hydrogens is 607 g/mol. The summed E-state index contributed by atoms with van der Waals surface area (Å²) in [5.74, 6) is 1.06. The molecule has 0 unspecified atom stereocenters. The summed E-state index contributed by atoms with van der Waals surface area (Å²) in [5.41, 5.74) is 3.74. The summed E-state index contributed by atoms with van der Waals surface area (Å²) in [6.45, 7) is 4.53. The molecular formula is C34H31N5O4S2. The van der Waals surface area contributed by atoms with Crippen LogP contribution in [0.25, 0.3) is 28.0 Å². The van der Waals surface area contributed by atoms with E-state index in [9.17, 15) is 13.2 Å². The third-order valence-electron chi connectivity index (χ3n) is 7.24. The number of nitrogens with zero attached hydrogens (tertiary/aromatic N) is 4. The lowest BCUT2D eigenvalue weighted by molar-refractivity contribution is -0.113. The van der Waals surface area contributed by atoms with E-state index in [1.165, 1.54) is 21.3 Å². The fourth-order valence-corrected chi connectivity index (χ4v) is 7.16. The van der Waals surface area contributed by atoms with Gasteiger partial charge in [0.2, 0.25) is 5.91 Å². The lowest BCUT2D eigenvalue weighted by atomic mass is 10.1. The number of hydrogen-bond donors (Lipinski definition) is 1. The molecule has 1 N–H and O–H groups in total. The van der Waals surface area contributed by atoms with Crippen LogP contribution in [0.4, 0.5) is 5.69 Å². The average Bonchev–Trinajstić information content (AvgIpc) is 3.67. The molecule has 4 aromatic carbocycles. The van der Waals surface area contributed by atoms with Crippen LogP contribution in [0.1, 0.15) is 19.4 Å². The molecule has 0 aliphatic heterocycles. The van der Waals surface area contributed by atoms with Crippen molar-refractivity contribution in [2.75, 3.05) is 17.7 Å². The number of amides is 1. The summed E-state index contributed by atoms with van der Waals surface area (Å²) in [6.07, 6.45) is 2.51. The summed E-state index contributed by atoms with van der Waals surface area (Å²) in [6, 6.07) is 30.9. The van der Waals surface area contributed by atoms with Gasteiger partial charge in [0.15, 0.2) is 11.0 Å². The van der Waals surface area contributed by atoms with Crippen molar-refractivity contribution in [2.24, 2.45) is 0 Å². The van der Waals surface area contributed by atoms with E-state index in [4.69, 9.17) is 4.74 Å². The van der Waals surface area contributed by atoms with E-state index in [0.717, 1.165) is 17.8 Å². The predicted octanol–water partition coefficient (Wildman–Crippen LogP) is 6.82. The summed E-state index contributed by atoms with van der Waals surface area (Å²) in [4.78, 5) is 13.1. The SMILES string of the molecule is CCOc1ccc(-n2c(SCC(=O)Nc3ccc(CC)cc3)nnc2-c2cn(S(=O)(=O)c3ccccc3)c3ccccc23)cc1. The van der Waals surface area contributed by atoms with Crippen molar-refractivity contribution in [1.29, 1.82) is 0 Å². The van der Waals surface area contributed by atoms with Crippen molar-refractivity contribution in [1.82, 2.24) is 18.7 Å². The van der Waals surface area contributed by atoms with Crippen LogP contribution in [0.3, 0.4) is 0 Å². The number of thioether (sulfide) groups is 1. The summed E-state index contributed by atoms with van der Waals surface area (Å²) in [7, 11) is -3.91. The lowest BCUT2D eigenvalue weighted by Gasteiger charge is -2.11. The minimum atomic E-state index is -3.91. The zero-order valence-electron chi connectivity index (χ0n) is 24.8. The number of aryl methyl sites for hydroxylation is 1. The number of rotatable bonds is 11. The van der Waals surface area contributed by atoms with Crippen LogP contribution in [0.2, 0.25) is 0 Å². The number of carbonyl (C=O) groups is 1. The standard InChI is InChI=1S/C34H31N5O4S2/c1-3-24-14-16-25(17-15-24)35-32(40)23-44-34-37-36-33(39(34)26-18-20-27(21-19-26)43-4-2)30-22-38(31-13-9-8-12-29(30)31)45(41,42)28-10-6-5-7-11-28/h5-22H,3-4,23H2,1-2H3,(H,35,40). The topological polar surface area (TPSA) is 108 Å². The zero-order chi connectivity index (χ0) is 31.4. The van der Waals surface area contributed by atoms with Crippen molar-refractivity contribution >= 4 is 44.3 Å². The fourth-order valence-electron chi connectivity index (χ4n) is 5.01. The van der Waals surface area contributed by atoms with E-state index in [1.54, 1.807) is 48.7 Å². The number of nitrogens with one attached hydrogen (secondary N) is 1. The Bertz CT molecular complexity index is 2050. The second-order valence-electron chi connectivity index (χ2n) is 10.1. The molecule has 2 heterocycles. The van der Waals surface area contributed by atoms with Crippen LogP contribution in [-0.4, -0.2) is 45.4 Å². The molecule has 6 aromatic rings. The quantitative estimate of drug-likeness (QED) is 0.155. The largest absolute Gasteiger partial charge is 0.494 e. The summed E-state index contributed by atoms with van der Waals surface area (Å²) in [5, 5.41) is 13.1. The molecule has 0 saturated carbocycles. The van der Waals surface area contributed by atoms with E-state index in [0.29, 0.717) is 39.8 Å². The Kier molecular flexibility index (Phi) is 8.72. The smallest absolute Gasteiger partial charge is 0.268 e. The maximum Gasteiger partial charge on any atom is 0.268 e. The molecule has 0 aliphatic rings. The van der Waals surface area contributed by atoms with E-state index in [-0.39, 0.29) is 16.6 Å². The van der Waals surface area contributed by atoms with Crippen molar-refractivity contribution in [3.05, 3.63) is 115 Å². The molecule has 228 valence electrons. The van der Waals surface area contributed by atoms with Crippen LogP contribution in [0.5, 0.6) is 5.75 Å². The number of fused-ring (bicyclic) bond motifs is 1. The van der Waals surface area contributed by atoms with Crippen LogP contribution in [0.15, 0.2) is 119 Å². The number of ether oxygens (including phenoxy) is 1. The van der Waals surface area contributed by atoms with Gasteiger partial charge in [-0.05, 0) is 73.5 Å². The van der Waals surface area contributed by atoms with Gasteiger partial charge in [0.25, 0.3) is 10.0 Å². The summed E-state index contributed by atoms with van der Waals surface area (Å²) < 4.78 is 36.3. The van der Waals surface area contributed by atoms with Gasteiger partial charge in [-0.15, -0.1) is 10.2 Å². The van der Waals surface area contributed by atoms with Crippen LogP contribution < -0.4 is 10.1 Å². The highest BCUT2D eigenvalue weighted by Gasteiger charge is 2.25. The van der Waals surface area contributed by atoms with Gasteiger partial charge in [-0.25, -0.2) is 12.4 Å². The second kappa shape index (κ2) is 13.0. The van der Waals surface area contributed by atoms with E-state index in [2.05, 4.69) is 22.4 Å². The maximum atomic E-state index is 13.8. The van der Waals surface area contributed by atoms with Crippen LogP contribution in [-0.2, 0) is 21.2 Å². The minimum Gasteiger partial charge on any atom is -0.494 e. The number of para-hydroxylation sites is 1. The highest BCUT2D eigenvalue weighted by atomic mass is 32.2. The molecule has 0 fully saturated rings. The Balaban J connectivity index is 1.40. The average molecular weight is 638 g/mol. The molecule has 0 atom stereocenters. The molecule has 45 heavy (non-hydrogen) atoms. The number of anilines is 1. The molecule has 11 heteroatoms. The highest BCUT2D eigenvalue weighted by Crippen LogP contribution is 2.36. The number of hydrogen-bond acceptors (Lipinski definition) is 7. The summed E-state index contributed by atoms with van der Waals surface area (Å²) >= 11 is 1.24. The minimum absolute atomic E-state index is 0.0921.